The van der Waals surface area contributed by atoms with E-state index in [0.29, 0.717) is 0 Å². The zero-order valence-corrected chi connectivity index (χ0v) is 20.2. The normalized spacial score (nSPS) is 12.8. The summed E-state index contributed by atoms with van der Waals surface area (Å²) in [5.74, 6) is 3.25. The fourth-order valence-electron chi connectivity index (χ4n) is 3.43. The van der Waals surface area contributed by atoms with Crippen LogP contribution in [0.5, 0.6) is 11.5 Å². The predicted octanol–water partition coefficient (Wildman–Crippen LogP) is 6.35. The number of thioether (sulfide) groups is 1. The summed E-state index contributed by atoms with van der Waals surface area (Å²) in [6, 6.07) is 6.22. The molecule has 0 spiro atoms. The third-order valence-corrected chi connectivity index (χ3v) is 8.16. The molecule has 1 aliphatic rings. The number of aromatic nitrogens is 4. The molecule has 1 aliphatic heterocycles. The molecule has 0 amide bonds. The fourth-order valence-corrected chi connectivity index (χ4v) is 6.18. The largest absolute Gasteiger partial charge is 0.454 e. The Balaban J connectivity index is 1.35. The third-order valence-electron chi connectivity index (χ3n) is 5.23. The molecule has 9 heteroatoms. The van der Waals surface area contributed by atoms with Crippen LogP contribution in [0.25, 0.3) is 22.0 Å². The highest BCUT2D eigenvalue weighted by molar-refractivity contribution is 7.98. The van der Waals surface area contributed by atoms with E-state index in [2.05, 4.69) is 53.2 Å². The van der Waals surface area contributed by atoms with Gasteiger partial charge in [0.15, 0.2) is 22.5 Å². The van der Waals surface area contributed by atoms with Crippen molar-refractivity contribution in [3.05, 3.63) is 45.1 Å². The first-order valence-electron chi connectivity index (χ1n) is 9.98. The van der Waals surface area contributed by atoms with Crippen LogP contribution in [0.4, 0.5) is 0 Å². The summed E-state index contributed by atoms with van der Waals surface area (Å²) in [5.41, 5.74) is 4.53. The molecule has 0 fully saturated rings. The third kappa shape index (κ3) is 3.86. The van der Waals surface area contributed by atoms with Gasteiger partial charge in [0.25, 0.3) is 0 Å². The lowest BCUT2D eigenvalue weighted by atomic mass is 10.1. The van der Waals surface area contributed by atoms with E-state index in [1.54, 1.807) is 34.4 Å². The molecule has 5 rings (SSSR count). The number of thiazole rings is 1. The summed E-state index contributed by atoms with van der Waals surface area (Å²) in [6.07, 6.45) is 0. The van der Waals surface area contributed by atoms with E-state index in [0.717, 1.165) is 44.5 Å². The molecule has 160 valence electrons. The Kier molecular flexibility index (Phi) is 5.49. The smallest absolute Gasteiger partial charge is 0.231 e. The maximum Gasteiger partial charge on any atom is 0.231 e. The number of thiophene rings is 1. The lowest BCUT2D eigenvalue weighted by Gasteiger charge is -2.13. The number of ether oxygens (including phenoxy) is 2. The minimum Gasteiger partial charge on any atom is -0.454 e. The van der Waals surface area contributed by atoms with Crippen LogP contribution < -0.4 is 9.47 Å². The van der Waals surface area contributed by atoms with Crippen LogP contribution in [0, 0.1) is 13.8 Å². The molecule has 0 unspecified atom stereocenters. The number of aryl methyl sites for hydroxylation is 1. The van der Waals surface area contributed by atoms with Crippen LogP contribution in [-0.4, -0.2) is 26.5 Å². The van der Waals surface area contributed by atoms with Crippen molar-refractivity contribution in [2.75, 3.05) is 6.79 Å². The maximum absolute atomic E-state index is 5.49. The van der Waals surface area contributed by atoms with Crippen molar-refractivity contribution < 1.29 is 9.47 Å². The number of nitrogens with zero attached hydrogens (tertiary/aromatic N) is 4. The summed E-state index contributed by atoms with van der Waals surface area (Å²) in [4.78, 5) is 6.14. The zero-order chi connectivity index (χ0) is 21.5. The van der Waals surface area contributed by atoms with Gasteiger partial charge in [-0.05, 0) is 51.5 Å². The molecular formula is C22H22N4O2S3. The van der Waals surface area contributed by atoms with Gasteiger partial charge in [-0.1, -0.05) is 11.8 Å². The monoisotopic (exact) mass is 470 g/mol. The Hall–Kier alpha value is -2.36. The minimum atomic E-state index is 0.270. The number of hydrogen-bond donors (Lipinski definition) is 0. The molecule has 4 heterocycles. The molecule has 3 aromatic heterocycles. The standard InChI is InChI=1S/C22H22N4O2S3/c1-12(2)26-20(17-10-29-14(4)13(17)3)24-25-22(26)31-9-16-8-30-21(23-16)15-5-6-18-19(7-15)28-11-27-18/h5-8,10,12H,9,11H2,1-4H3. The van der Waals surface area contributed by atoms with Crippen LogP contribution >= 0.6 is 34.4 Å². The lowest BCUT2D eigenvalue weighted by Crippen LogP contribution is -2.05. The van der Waals surface area contributed by atoms with Crippen molar-refractivity contribution in [2.45, 2.75) is 44.6 Å². The highest BCUT2D eigenvalue weighted by Crippen LogP contribution is 2.38. The summed E-state index contributed by atoms with van der Waals surface area (Å²) in [5, 5.41) is 15.2. The quantitative estimate of drug-likeness (QED) is 0.306. The molecule has 0 atom stereocenters. The topological polar surface area (TPSA) is 62.1 Å². The van der Waals surface area contributed by atoms with Gasteiger partial charge in [-0.15, -0.1) is 32.9 Å². The number of hydrogen-bond acceptors (Lipinski definition) is 8. The molecule has 0 N–H and O–H groups in total. The summed E-state index contributed by atoms with van der Waals surface area (Å²) < 4.78 is 13.1. The molecule has 6 nitrogen and oxygen atoms in total. The number of benzene rings is 1. The molecule has 4 aromatic rings. The van der Waals surface area contributed by atoms with Gasteiger partial charge in [0.1, 0.15) is 5.01 Å². The molecule has 0 radical (unpaired) electrons. The average Bonchev–Trinajstić information content (AvgIpc) is 3.53. The number of rotatable bonds is 6. The van der Waals surface area contributed by atoms with Crippen molar-refractivity contribution in [1.82, 2.24) is 19.7 Å². The second kappa shape index (κ2) is 8.29. The molecule has 31 heavy (non-hydrogen) atoms. The summed E-state index contributed by atoms with van der Waals surface area (Å²) in [6.45, 7) is 8.93. The van der Waals surface area contributed by atoms with Gasteiger partial charge in [-0.3, -0.25) is 4.57 Å². The molecular weight excluding hydrogens is 448 g/mol. The molecule has 0 saturated carbocycles. The van der Waals surface area contributed by atoms with Gasteiger partial charge < -0.3 is 9.47 Å². The van der Waals surface area contributed by atoms with E-state index >= 15 is 0 Å². The van der Waals surface area contributed by atoms with Crippen molar-refractivity contribution in [3.8, 4) is 33.5 Å². The minimum absolute atomic E-state index is 0.270. The van der Waals surface area contributed by atoms with E-state index in [9.17, 15) is 0 Å². The Morgan fingerprint density at radius 2 is 1.94 bits per heavy atom. The Labute approximate surface area is 193 Å². The van der Waals surface area contributed by atoms with Crippen LogP contribution in [0.1, 0.15) is 36.0 Å². The van der Waals surface area contributed by atoms with Crippen molar-refractivity contribution >= 4 is 34.4 Å². The van der Waals surface area contributed by atoms with E-state index in [1.807, 2.05) is 18.2 Å². The van der Waals surface area contributed by atoms with Gasteiger partial charge in [0, 0.05) is 38.6 Å². The fraction of sp³-hybridized carbons (Fsp3) is 0.318. The predicted molar refractivity (Wildman–Crippen MR) is 126 cm³/mol. The average molecular weight is 471 g/mol. The van der Waals surface area contributed by atoms with Gasteiger partial charge in [-0.25, -0.2) is 4.98 Å². The van der Waals surface area contributed by atoms with E-state index in [1.165, 1.54) is 16.0 Å². The van der Waals surface area contributed by atoms with Gasteiger partial charge in [-0.2, -0.15) is 0 Å². The maximum atomic E-state index is 5.49. The molecule has 0 aliphatic carbocycles. The second-order valence-corrected chi connectivity index (χ2v) is 10.5. The zero-order valence-electron chi connectivity index (χ0n) is 17.7. The van der Waals surface area contributed by atoms with Crippen LogP contribution in [0.3, 0.4) is 0 Å². The Morgan fingerprint density at radius 1 is 1.10 bits per heavy atom. The molecule has 1 aromatic carbocycles. The lowest BCUT2D eigenvalue weighted by molar-refractivity contribution is 0.174. The molecule has 0 bridgehead atoms. The number of fused-ring (bicyclic) bond motifs is 1. The van der Waals surface area contributed by atoms with Crippen molar-refractivity contribution in [1.29, 1.82) is 0 Å². The highest BCUT2D eigenvalue weighted by atomic mass is 32.2. The van der Waals surface area contributed by atoms with E-state index < -0.39 is 0 Å². The Morgan fingerprint density at radius 3 is 2.71 bits per heavy atom. The van der Waals surface area contributed by atoms with Gasteiger partial charge in [0.2, 0.25) is 6.79 Å². The van der Waals surface area contributed by atoms with E-state index in [4.69, 9.17) is 14.5 Å². The first-order chi connectivity index (χ1) is 15.0. The summed E-state index contributed by atoms with van der Waals surface area (Å²) >= 11 is 5.08. The SMILES string of the molecule is Cc1scc(-c2nnc(SCc3csc(-c4ccc5c(c4)OCO5)n3)n2C(C)C)c1C. The first-order valence-corrected chi connectivity index (χ1v) is 12.7. The Bertz CT molecular complexity index is 1240. The highest BCUT2D eigenvalue weighted by Gasteiger charge is 2.20. The second-order valence-electron chi connectivity index (χ2n) is 7.60. The summed E-state index contributed by atoms with van der Waals surface area (Å²) in [7, 11) is 0. The van der Waals surface area contributed by atoms with Crippen LogP contribution in [0.15, 0.2) is 34.1 Å². The van der Waals surface area contributed by atoms with Gasteiger partial charge >= 0.3 is 0 Å². The van der Waals surface area contributed by atoms with Crippen molar-refractivity contribution in [3.63, 3.8) is 0 Å². The molecule has 0 saturated heterocycles. The van der Waals surface area contributed by atoms with Crippen LogP contribution in [0.2, 0.25) is 0 Å². The first kappa shape index (κ1) is 20.5. The van der Waals surface area contributed by atoms with Gasteiger partial charge in [0.05, 0.1) is 5.69 Å². The van der Waals surface area contributed by atoms with E-state index in [-0.39, 0.29) is 12.8 Å². The van der Waals surface area contributed by atoms with Crippen molar-refractivity contribution in [2.24, 2.45) is 0 Å². The van der Waals surface area contributed by atoms with Crippen LogP contribution in [-0.2, 0) is 5.75 Å².